The Morgan fingerprint density at radius 1 is 0.871 bits per heavy atom. The number of nitrogens with one attached hydrogen (secondary N) is 2. The first kappa shape index (κ1) is 55.9. The highest BCUT2D eigenvalue weighted by Crippen LogP contribution is 2.49. The largest absolute Gasteiger partial charge is 0.368 e. The van der Waals surface area contributed by atoms with Crippen molar-refractivity contribution in [2.75, 3.05) is 48.3 Å². The van der Waals surface area contributed by atoms with E-state index in [1.165, 1.54) is 36.0 Å². The molecule has 384 valence electrons. The van der Waals surface area contributed by atoms with Crippen molar-refractivity contribution in [1.29, 1.82) is 0 Å². The quantitative estimate of drug-likeness (QED) is 0.0339. The zero-order chi connectivity index (χ0) is 51.8. The number of carbonyl (C=O) groups is 5. The van der Waals surface area contributed by atoms with Gasteiger partial charge in [0.05, 0.1) is 21.1 Å². The minimum atomic E-state index is -4.46. The van der Waals surface area contributed by atoms with E-state index in [0.29, 0.717) is 58.2 Å². The average Bonchev–Trinajstić information content (AvgIpc) is 3.78. The van der Waals surface area contributed by atoms with Crippen LogP contribution in [0.3, 0.4) is 0 Å². The third kappa shape index (κ3) is 13.3. The Bertz CT molecular complexity index is 2610. The highest BCUT2D eigenvalue weighted by atomic mass is 32.2. The molecular formula is C49H69N7O11S3. The van der Waals surface area contributed by atoms with Crippen molar-refractivity contribution in [2.24, 2.45) is 17.4 Å². The molecule has 0 aromatic heterocycles. The van der Waals surface area contributed by atoms with E-state index < -0.39 is 54.2 Å². The molecular weight excluding hydrogens is 959 g/mol. The van der Waals surface area contributed by atoms with Gasteiger partial charge in [-0.1, -0.05) is 65.3 Å². The summed E-state index contributed by atoms with van der Waals surface area (Å²) in [7, 11) is -8.84. The molecule has 0 radical (unpaired) electrons. The van der Waals surface area contributed by atoms with Crippen LogP contribution in [0.15, 0.2) is 82.3 Å². The number of likely N-dealkylation sites (tertiary alicyclic amines) is 1. The van der Waals surface area contributed by atoms with Crippen LogP contribution in [-0.4, -0.2) is 116 Å². The first-order valence-electron chi connectivity index (χ1n) is 23.7. The van der Waals surface area contributed by atoms with E-state index in [1.807, 2.05) is 58.9 Å². The summed E-state index contributed by atoms with van der Waals surface area (Å²) in [4.78, 5) is 68.4. The molecule has 8 N–H and O–H groups in total. The van der Waals surface area contributed by atoms with Gasteiger partial charge in [-0.2, -0.15) is 16.8 Å². The number of anilines is 2. The normalized spacial score (nSPS) is 20.1. The molecule has 3 heterocycles. The Kier molecular flexibility index (Phi) is 18.7. The smallest absolute Gasteiger partial charge is 0.294 e. The van der Waals surface area contributed by atoms with Gasteiger partial charge in [-0.25, -0.2) is 0 Å². The van der Waals surface area contributed by atoms with Crippen molar-refractivity contribution in [1.82, 2.24) is 15.5 Å². The SMILES string of the molecule is CCN1c2ccc(S(=O)(=O)O)cc2C(C)(C)C1/C=C/C=C/C=C1/N(CCCCCC(=O)NCCN2C(=O)CC(SC[C@@H](C)C(=O)N[C@H](CCCCN)C(N)=O)C2=O)c2ccc(S(=O)(=O)O)cc2C1(C)C. The number of likely N-dealkylation sites (N-methyl/N-ethyl adjacent to an activating group) is 1. The van der Waals surface area contributed by atoms with Crippen LogP contribution in [0, 0.1) is 5.92 Å². The van der Waals surface area contributed by atoms with Crippen molar-refractivity contribution >= 4 is 72.9 Å². The number of imide groups is 1. The maximum Gasteiger partial charge on any atom is 0.294 e. The number of hydrogen-bond donors (Lipinski definition) is 6. The van der Waals surface area contributed by atoms with Crippen LogP contribution >= 0.6 is 11.8 Å². The van der Waals surface area contributed by atoms with Crippen LogP contribution in [-0.2, 0) is 55.0 Å². The maximum absolute atomic E-state index is 13.1. The van der Waals surface area contributed by atoms with Gasteiger partial charge < -0.3 is 31.9 Å². The van der Waals surface area contributed by atoms with Crippen LogP contribution in [0.5, 0.6) is 0 Å². The molecule has 3 aliphatic rings. The summed E-state index contributed by atoms with van der Waals surface area (Å²) in [6.07, 6.45) is 13.6. The number of unbranched alkanes of at least 4 members (excludes halogenated alkanes) is 3. The van der Waals surface area contributed by atoms with Gasteiger partial charge in [-0.15, -0.1) is 11.8 Å². The topological polar surface area (TPSA) is 280 Å². The van der Waals surface area contributed by atoms with Crippen LogP contribution in [0.25, 0.3) is 0 Å². The van der Waals surface area contributed by atoms with E-state index in [0.717, 1.165) is 33.1 Å². The number of thioether (sulfide) groups is 1. The molecule has 2 aromatic rings. The molecule has 0 saturated carbocycles. The van der Waals surface area contributed by atoms with Crippen molar-refractivity contribution in [3.8, 4) is 0 Å². The molecule has 2 aromatic carbocycles. The van der Waals surface area contributed by atoms with E-state index in [2.05, 4.69) is 26.5 Å². The number of nitrogens with zero attached hydrogens (tertiary/aromatic N) is 3. The molecule has 1 saturated heterocycles. The van der Waals surface area contributed by atoms with Crippen molar-refractivity contribution in [2.45, 2.75) is 131 Å². The highest BCUT2D eigenvalue weighted by Gasteiger charge is 2.44. The lowest BCUT2D eigenvalue weighted by atomic mass is 9.80. The van der Waals surface area contributed by atoms with E-state index in [-0.39, 0.29) is 71.1 Å². The fourth-order valence-corrected chi connectivity index (χ4v) is 11.6. The Labute approximate surface area is 416 Å². The second-order valence-electron chi connectivity index (χ2n) is 19.1. The Morgan fingerprint density at radius 2 is 1.53 bits per heavy atom. The third-order valence-electron chi connectivity index (χ3n) is 13.4. The summed E-state index contributed by atoms with van der Waals surface area (Å²) in [5, 5.41) is 4.82. The number of fused-ring (bicyclic) bond motifs is 2. The molecule has 5 rings (SSSR count). The van der Waals surface area contributed by atoms with Gasteiger partial charge in [0.25, 0.3) is 20.2 Å². The lowest BCUT2D eigenvalue weighted by Gasteiger charge is -2.31. The fourth-order valence-electron chi connectivity index (χ4n) is 9.36. The van der Waals surface area contributed by atoms with Gasteiger partial charge >= 0.3 is 0 Å². The molecule has 2 unspecified atom stereocenters. The van der Waals surface area contributed by atoms with E-state index in [1.54, 1.807) is 19.1 Å². The van der Waals surface area contributed by atoms with Crippen molar-refractivity contribution in [3.63, 3.8) is 0 Å². The minimum absolute atomic E-state index is 0.0156. The molecule has 0 aliphatic carbocycles. The number of nitrogens with two attached hydrogens (primary N) is 2. The molecule has 18 nitrogen and oxygen atoms in total. The zero-order valence-corrected chi connectivity index (χ0v) is 43.3. The predicted molar refractivity (Wildman–Crippen MR) is 271 cm³/mol. The minimum Gasteiger partial charge on any atom is -0.368 e. The van der Waals surface area contributed by atoms with E-state index in [9.17, 15) is 49.9 Å². The number of allylic oxidation sites excluding steroid dienone is 5. The van der Waals surface area contributed by atoms with Crippen LogP contribution in [0.2, 0.25) is 0 Å². The molecule has 5 amide bonds. The summed E-state index contributed by atoms with van der Waals surface area (Å²) < 4.78 is 67.8. The highest BCUT2D eigenvalue weighted by molar-refractivity contribution is 8.00. The van der Waals surface area contributed by atoms with Crippen molar-refractivity contribution < 1.29 is 49.9 Å². The molecule has 1 fully saturated rings. The summed E-state index contributed by atoms with van der Waals surface area (Å²) in [6.45, 7) is 13.5. The van der Waals surface area contributed by atoms with Gasteiger partial charge in [0.1, 0.15) is 6.04 Å². The number of benzene rings is 2. The maximum atomic E-state index is 13.1. The van der Waals surface area contributed by atoms with Gasteiger partial charge in [0.15, 0.2) is 0 Å². The van der Waals surface area contributed by atoms with E-state index in [4.69, 9.17) is 11.5 Å². The van der Waals surface area contributed by atoms with Gasteiger partial charge in [0, 0.05) is 78.6 Å². The van der Waals surface area contributed by atoms with Gasteiger partial charge in [-0.3, -0.25) is 38.0 Å². The Balaban J connectivity index is 1.13. The predicted octanol–water partition coefficient (Wildman–Crippen LogP) is 4.73. The lowest BCUT2D eigenvalue weighted by Crippen LogP contribution is -2.46. The molecule has 3 aliphatic heterocycles. The van der Waals surface area contributed by atoms with Crippen molar-refractivity contribution in [3.05, 3.63) is 83.6 Å². The number of rotatable bonds is 25. The van der Waals surface area contributed by atoms with Gasteiger partial charge in [-0.05, 0) is 99.2 Å². The molecule has 70 heavy (non-hydrogen) atoms. The Morgan fingerprint density at radius 3 is 2.16 bits per heavy atom. The second-order valence-corrected chi connectivity index (χ2v) is 23.2. The van der Waals surface area contributed by atoms with Crippen LogP contribution < -0.4 is 31.9 Å². The van der Waals surface area contributed by atoms with E-state index >= 15 is 0 Å². The molecule has 21 heteroatoms. The zero-order valence-electron chi connectivity index (χ0n) is 40.8. The van der Waals surface area contributed by atoms with Crippen LogP contribution in [0.1, 0.15) is 104 Å². The first-order valence-corrected chi connectivity index (χ1v) is 27.6. The molecule has 4 atom stereocenters. The molecule has 0 spiro atoms. The summed E-state index contributed by atoms with van der Waals surface area (Å²) in [5.74, 6) is -2.25. The van der Waals surface area contributed by atoms with Crippen LogP contribution in [0.4, 0.5) is 11.4 Å². The Hall–Kier alpha value is -5.06. The number of primary amides is 1. The number of amides is 5. The summed E-state index contributed by atoms with van der Waals surface area (Å²) >= 11 is 1.20. The summed E-state index contributed by atoms with van der Waals surface area (Å²) in [6, 6.07) is 8.31. The fraction of sp³-hybridized carbons (Fsp3) is 0.531. The third-order valence-corrected chi connectivity index (χ3v) is 16.5. The first-order chi connectivity index (χ1) is 32.8. The second kappa shape index (κ2) is 23.4. The number of hydrogen-bond acceptors (Lipinski definition) is 13. The monoisotopic (exact) mass is 1030 g/mol. The van der Waals surface area contributed by atoms with Gasteiger partial charge in [0.2, 0.25) is 29.5 Å². The lowest BCUT2D eigenvalue weighted by molar-refractivity contribution is -0.138. The molecule has 0 bridgehead atoms. The standard InChI is InChI=1S/C49H69N7O11S3/c1-7-54-38-22-20-33(69(62,63)64)28-35(38)48(3,4)41(54)17-10-8-11-18-42-49(5,6)36-29-34(70(65,66)67)21-23-39(36)55(42)26-15-9-12-19-43(57)52-25-27-56-44(58)30-40(47(56)61)68-31-32(2)46(60)53-37(45(51)59)16-13-14-24-50/h8,10-11,17-18,20-23,28-29,32,37,40-41H,7,9,12-16,19,24-27,30-31,50H2,1-6H3,(H2,51,59)(H,52,57)(H,53,60)(H,62,63,64)(H,65,66,67)/b11-8+,17-10+,42-18+/t32-,37-,40?,41?/m1/s1. The number of carbonyl (C=O) groups excluding carboxylic acids is 5. The summed E-state index contributed by atoms with van der Waals surface area (Å²) in [5.41, 5.74) is 14.0. The average molecular weight is 1030 g/mol.